The summed E-state index contributed by atoms with van der Waals surface area (Å²) in [5, 5.41) is 0. The summed E-state index contributed by atoms with van der Waals surface area (Å²) in [6, 6.07) is 8.45. The molecule has 2 rings (SSSR count). The van der Waals surface area contributed by atoms with Crippen molar-refractivity contribution >= 4 is 6.29 Å². The average molecular weight is 267 g/mol. The van der Waals surface area contributed by atoms with Crippen LogP contribution in [-0.2, 0) is 0 Å². The summed E-state index contributed by atoms with van der Waals surface area (Å²) >= 11 is 0. The zero-order valence-electron chi connectivity index (χ0n) is 9.52. The summed E-state index contributed by atoms with van der Waals surface area (Å²) in [4.78, 5) is 14.7. The van der Waals surface area contributed by atoms with Crippen LogP contribution in [0.2, 0.25) is 0 Å². The highest BCUT2D eigenvalue weighted by Crippen LogP contribution is 2.33. The Labute approximate surface area is 106 Å². The van der Waals surface area contributed by atoms with Crippen LogP contribution >= 0.6 is 0 Å². The van der Waals surface area contributed by atoms with Crippen LogP contribution in [0.3, 0.4) is 0 Å². The molecule has 6 heteroatoms. The second kappa shape index (κ2) is 5.09. The molecule has 0 saturated carbocycles. The van der Waals surface area contributed by atoms with Crippen molar-refractivity contribution in [1.82, 2.24) is 4.98 Å². The number of pyridine rings is 1. The van der Waals surface area contributed by atoms with Gasteiger partial charge in [-0.3, -0.25) is 9.78 Å². The van der Waals surface area contributed by atoms with Crippen molar-refractivity contribution in [2.45, 2.75) is 6.36 Å². The summed E-state index contributed by atoms with van der Waals surface area (Å²) in [5.41, 5.74) is 0.656. The van der Waals surface area contributed by atoms with E-state index in [0.29, 0.717) is 12.0 Å². The monoisotopic (exact) mass is 267 g/mol. The first-order valence-electron chi connectivity index (χ1n) is 5.26. The van der Waals surface area contributed by atoms with Gasteiger partial charge in [0.2, 0.25) is 0 Å². The molecule has 0 saturated heterocycles. The van der Waals surface area contributed by atoms with Crippen LogP contribution in [0.15, 0.2) is 42.6 Å². The number of ether oxygens (including phenoxy) is 1. The van der Waals surface area contributed by atoms with E-state index in [0.717, 1.165) is 6.07 Å². The highest BCUT2D eigenvalue weighted by atomic mass is 19.4. The van der Waals surface area contributed by atoms with Gasteiger partial charge in [-0.05, 0) is 30.3 Å². The minimum atomic E-state index is -4.80. The number of hydrogen-bond donors (Lipinski definition) is 0. The smallest absolute Gasteiger partial charge is 0.405 e. The van der Waals surface area contributed by atoms with E-state index in [1.165, 1.54) is 24.4 Å². The number of rotatable bonds is 3. The van der Waals surface area contributed by atoms with Crippen molar-refractivity contribution < 1.29 is 22.7 Å². The van der Waals surface area contributed by atoms with Crippen molar-refractivity contribution in [1.29, 1.82) is 0 Å². The maximum Gasteiger partial charge on any atom is 0.573 e. The van der Waals surface area contributed by atoms with Gasteiger partial charge in [0.05, 0.1) is 5.69 Å². The van der Waals surface area contributed by atoms with E-state index >= 15 is 0 Å². The molecule has 0 aliphatic carbocycles. The normalized spacial score (nSPS) is 11.1. The van der Waals surface area contributed by atoms with Crippen LogP contribution in [0.4, 0.5) is 13.2 Å². The first kappa shape index (κ1) is 13.1. The Bertz CT molecular complexity index is 582. The van der Waals surface area contributed by atoms with Crippen LogP contribution in [0.1, 0.15) is 10.4 Å². The van der Waals surface area contributed by atoms with Crippen LogP contribution in [-0.4, -0.2) is 17.6 Å². The number of hydrogen-bond acceptors (Lipinski definition) is 3. The largest absolute Gasteiger partial charge is 0.573 e. The van der Waals surface area contributed by atoms with E-state index in [9.17, 15) is 18.0 Å². The highest BCUT2D eigenvalue weighted by molar-refractivity contribution is 5.80. The lowest BCUT2D eigenvalue weighted by Crippen LogP contribution is -2.17. The number of carbonyl (C=O) groups is 1. The SMILES string of the molecule is O=Cc1ccc(OC(F)(F)F)c(-c2ccccn2)c1. The van der Waals surface area contributed by atoms with Crippen molar-refractivity contribution in [3.05, 3.63) is 48.2 Å². The average Bonchev–Trinajstić information content (AvgIpc) is 2.38. The Hall–Kier alpha value is -2.37. The van der Waals surface area contributed by atoms with E-state index in [2.05, 4.69) is 9.72 Å². The molecular formula is C13H8F3NO2. The molecule has 0 radical (unpaired) electrons. The molecule has 3 nitrogen and oxygen atoms in total. The summed E-state index contributed by atoms with van der Waals surface area (Å²) < 4.78 is 40.9. The Morgan fingerprint density at radius 2 is 1.95 bits per heavy atom. The standard InChI is InChI=1S/C13H8F3NO2/c14-13(15,16)19-12-5-4-9(8-18)7-10(12)11-3-1-2-6-17-11/h1-8H. The number of carbonyl (C=O) groups excluding carboxylic acids is 1. The van der Waals surface area contributed by atoms with Gasteiger partial charge >= 0.3 is 6.36 Å². The summed E-state index contributed by atoms with van der Waals surface area (Å²) in [7, 11) is 0. The van der Waals surface area contributed by atoms with Crippen LogP contribution in [0, 0.1) is 0 Å². The van der Waals surface area contributed by atoms with Crippen molar-refractivity contribution in [2.75, 3.05) is 0 Å². The van der Waals surface area contributed by atoms with Gasteiger partial charge in [-0.2, -0.15) is 0 Å². The van der Waals surface area contributed by atoms with Crippen molar-refractivity contribution in [2.24, 2.45) is 0 Å². The molecular weight excluding hydrogens is 259 g/mol. The van der Waals surface area contributed by atoms with Gasteiger partial charge in [-0.15, -0.1) is 13.2 Å². The molecule has 2 aromatic rings. The van der Waals surface area contributed by atoms with Crippen LogP contribution in [0.5, 0.6) is 5.75 Å². The fraction of sp³-hybridized carbons (Fsp3) is 0.0769. The molecule has 1 heterocycles. The van der Waals surface area contributed by atoms with E-state index in [1.54, 1.807) is 12.1 Å². The Balaban J connectivity index is 2.52. The zero-order chi connectivity index (χ0) is 13.9. The van der Waals surface area contributed by atoms with Crippen LogP contribution < -0.4 is 4.74 Å². The molecule has 0 amide bonds. The van der Waals surface area contributed by atoms with Gasteiger partial charge < -0.3 is 4.74 Å². The fourth-order valence-corrected chi connectivity index (χ4v) is 1.56. The third-order valence-electron chi connectivity index (χ3n) is 2.31. The van der Waals surface area contributed by atoms with Crippen LogP contribution in [0.25, 0.3) is 11.3 Å². The second-order valence-corrected chi connectivity index (χ2v) is 3.64. The summed E-state index contributed by atoms with van der Waals surface area (Å²) in [6.45, 7) is 0. The molecule has 0 fully saturated rings. The number of aldehydes is 1. The third-order valence-corrected chi connectivity index (χ3v) is 2.31. The Kier molecular flexibility index (Phi) is 3.50. The van der Waals surface area contributed by atoms with Crippen molar-refractivity contribution in [3.8, 4) is 17.0 Å². The highest BCUT2D eigenvalue weighted by Gasteiger charge is 2.32. The molecule has 0 spiro atoms. The van der Waals surface area contributed by atoms with Crippen molar-refractivity contribution in [3.63, 3.8) is 0 Å². The predicted molar refractivity (Wildman–Crippen MR) is 61.7 cm³/mol. The summed E-state index contributed by atoms with van der Waals surface area (Å²) in [6.07, 6.45) is -2.81. The minimum Gasteiger partial charge on any atom is -0.405 e. The van der Waals surface area contributed by atoms with E-state index < -0.39 is 12.1 Å². The van der Waals surface area contributed by atoms with Gasteiger partial charge in [0.1, 0.15) is 12.0 Å². The Morgan fingerprint density at radius 3 is 2.53 bits per heavy atom. The maximum atomic E-state index is 12.3. The first-order valence-corrected chi connectivity index (χ1v) is 5.26. The molecule has 0 unspecified atom stereocenters. The molecule has 0 aliphatic heterocycles. The quantitative estimate of drug-likeness (QED) is 0.799. The molecule has 0 bridgehead atoms. The number of aromatic nitrogens is 1. The van der Waals surface area contributed by atoms with Gasteiger partial charge in [-0.1, -0.05) is 6.07 Å². The van der Waals surface area contributed by atoms with E-state index in [-0.39, 0.29) is 11.1 Å². The molecule has 1 aromatic heterocycles. The number of benzene rings is 1. The van der Waals surface area contributed by atoms with Gasteiger partial charge in [-0.25, -0.2) is 0 Å². The Morgan fingerprint density at radius 1 is 1.16 bits per heavy atom. The molecule has 98 valence electrons. The number of alkyl halides is 3. The molecule has 0 aliphatic rings. The van der Waals surface area contributed by atoms with E-state index in [4.69, 9.17) is 0 Å². The second-order valence-electron chi connectivity index (χ2n) is 3.64. The third kappa shape index (κ3) is 3.31. The zero-order valence-corrected chi connectivity index (χ0v) is 9.52. The lowest BCUT2D eigenvalue weighted by atomic mass is 10.1. The lowest BCUT2D eigenvalue weighted by Gasteiger charge is -2.13. The molecule has 19 heavy (non-hydrogen) atoms. The van der Waals surface area contributed by atoms with E-state index in [1.807, 2.05) is 0 Å². The molecule has 1 aromatic carbocycles. The topological polar surface area (TPSA) is 39.2 Å². The fourth-order valence-electron chi connectivity index (χ4n) is 1.56. The molecule has 0 atom stereocenters. The first-order chi connectivity index (χ1) is 8.99. The van der Waals surface area contributed by atoms with Gasteiger partial charge in [0, 0.05) is 17.3 Å². The maximum absolute atomic E-state index is 12.3. The van der Waals surface area contributed by atoms with Gasteiger partial charge in [0.25, 0.3) is 0 Å². The summed E-state index contributed by atoms with van der Waals surface area (Å²) in [5.74, 6) is -0.392. The minimum absolute atomic E-state index is 0.113. The number of nitrogens with zero attached hydrogens (tertiary/aromatic N) is 1. The lowest BCUT2D eigenvalue weighted by molar-refractivity contribution is -0.274. The van der Waals surface area contributed by atoms with Gasteiger partial charge in [0.15, 0.2) is 0 Å². The molecule has 0 N–H and O–H groups in total. The predicted octanol–water partition coefficient (Wildman–Crippen LogP) is 3.46. The number of halogens is 3.